The number of unbranched alkanes of at least 4 members (excludes halogenated alkanes) is 2. The fourth-order valence-electron chi connectivity index (χ4n) is 2.62. The Morgan fingerprint density at radius 3 is 2.44 bits per heavy atom. The van der Waals surface area contributed by atoms with Crippen LogP contribution in [-0.4, -0.2) is 29.3 Å². The van der Waals surface area contributed by atoms with Crippen LogP contribution in [0.5, 0.6) is 0 Å². The summed E-state index contributed by atoms with van der Waals surface area (Å²) >= 11 is 0. The molecule has 0 spiro atoms. The summed E-state index contributed by atoms with van der Waals surface area (Å²) in [6, 6.07) is 0. The average molecular weight is 250 g/mol. The quantitative estimate of drug-likeness (QED) is 0.572. The van der Waals surface area contributed by atoms with Gasteiger partial charge >= 0.3 is 0 Å². The summed E-state index contributed by atoms with van der Waals surface area (Å²) in [5.74, 6) is 2.17. The Hall–Kier alpha value is -1.50. The van der Waals surface area contributed by atoms with Crippen LogP contribution in [0.15, 0.2) is 0 Å². The molecular formula is C14H22N2O2. The van der Waals surface area contributed by atoms with Crippen LogP contribution in [0, 0.1) is 12.3 Å². The van der Waals surface area contributed by atoms with Crippen molar-refractivity contribution in [3.05, 3.63) is 0 Å². The van der Waals surface area contributed by atoms with E-state index >= 15 is 0 Å². The minimum Gasteiger partial charge on any atom is -0.368 e. The fourth-order valence-corrected chi connectivity index (χ4v) is 2.62. The summed E-state index contributed by atoms with van der Waals surface area (Å²) in [5.41, 5.74) is 4.74. The van der Waals surface area contributed by atoms with Gasteiger partial charge in [-0.05, 0) is 25.7 Å². The van der Waals surface area contributed by atoms with E-state index in [1.807, 2.05) is 0 Å². The van der Waals surface area contributed by atoms with Crippen molar-refractivity contribution in [1.29, 1.82) is 0 Å². The molecule has 0 saturated heterocycles. The second-order valence-corrected chi connectivity index (χ2v) is 4.97. The zero-order chi connectivity index (χ0) is 13.6. The van der Waals surface area contributed by atoms with Crippen LogP contribution < -0.4 is 5.73 Å². The molecule has 2 N–H and O–H groups in total. The number of amides is 2. The van der Waals surface area contributed by atoms with Gasteiger partial charge in [-0.1, -0.05) is 12.8 Å². The molecule has 1 fully saturated rings. The number of nitrogens with zero attached hydrogens (tertiary/aromatic N) is 1. The lowest BCUT2D eigenvalue weighted by atomic mass is 9.94. The van der Waals surface area contributed by atoms with Gasteiger partial charge in [0.25, 0.3) is 0 Å². The molecule has 1 aliphatic rings. The number of rotatable bonds is 6. The van der Waals surface area contributed by atoms with E-state index < -0.39 is 5.54 Å². The largest absolute Gasteiger partial charge is 0.368 e. The Morgan fingerprint density at radius 1 is 1.33 bits per heavy atom. The minimum atomic E-state index is -0.747. The molecule has 0 aromatic heterocycles. The van der Waals surface area contributed by atoms with Gasteiger partial charge in [-0.25, -0.2) is 0 Å². The highest BCUT2D eigenvalue weighted by molar-refractivity contribution is 5.90. The first kappa shape index (κ1) is 14.6. The van der Waals surface area contributed by atoms with Crippen molar-refractivity contribution in [1.82, 2.24) is 4.90 Å². The second-order valence-electron chi connectivity index (χ2n) is 4.97. The van der Waals surface area contributed by atoms with E-state index in [0.29, 0.717) is 25.7 Å². The summed E-state index contributed by atoms with van der Waals surface area (Å²) in [5, 5.41) is 0. The van der Waals surface area contributed by atoms with E-state index in [-0.39, 0.29) is 11.8 Å². The number of nitrogens with two attached hydrogens (primary N) is 1. The van der Waals surface area contributed by atoms with Gasteiger partial charge < -0.3 is 10.6 Å². The lowest BCUT2D eigenvalue weighted by Crippen LogP contribution is -2.56. The van der Waals surface area contributed by atoms with Crippen LogP contribution >= 0.6 is 0 Å². The summed E-state index contributed by atoms with van der Waals surface area (Å²) in [6.45, 7) is 0. The number of carbonyl (C=O) groups excluding carboxylic acids is 2. The van der Waals surface area contributed by atoms with E-state index in [1.54, 1.807) is 11.9 Å². The van der Waals surface area contributed by atoms with Gasteiger partial charge in [0.15, 0.2) is 0 Å². The standard InChI is InChI=1S/C14H22N2O2/c1-3-4-5-6-9-12(17)16(2)14(13(15)18)10-7-8-11-14/h1H,4-11H2,2H3,(H2,15,18). The first-order chi connectivity index (χ1) is 8.54. The summed E-state index contributed by atoms with van der Waals surface area (Å²) < 4.78 is 0. The molecule has 0 aromatic carbocycles. The summed E-state index contributed by atoms with van der Waals surface area (Å²) in [7, 11) is 1.69. The SMILES string of the molecule is C#CCCCCC(=O)N(C)C1(C(N)=O)CCCC1. The molecule has 2 amide bonds. The number of hydrogen-bond acceptors (Lipinski definition) is 2. The van der Waals surface area contributed by atoms with Crippen molar-refractivity contribution >= 4 is 11.8 Å². The molecule has 0 unspecified atom stereocenters. The molecule has 0 heterocycles. The third-order valence-electron chi connectivity index (χ3n) is 3.87. The molecule has 0 bridgehead atoms. The van der Waals surface area contributed by atoms with Gasteiger partial charge in [0.05, 0.1) is 0 Å². The van der Waals surface area contributed by atoms with Crippen LogP contribution in [-0.2, 0) is 9.59 Å². The van der Waals surface area contributed by atoms with Crippen LogP contribution in [0.2, 0.25) is 0 Å². The van der Waals surface area contributed by atoms with Crippen LogP contribution in [0.3, 0.4) is 0 Å². The zero-order valence-electron chi connectivity index (χ0n) is 11.1. The monoisotopic (exact) mass is 250 g/mol. The molecule has 1 rings (SSSR count). The normalized spacial score (nSPS) is 17.1. The van der Waals surface area contributed by atoms with E-state index in [1.165, 1.54) is 0 Å². The first-order valence-electron chi connectivity index (χ1n) is 6.54. The maximum atomic E-state index is 12.1. The van der Waals surface area contributed by atoms with Gasteiger partial charge in [-0.2, -0.15) is 0 Å². The Kier molecular flexibility index (Phi) is 5.21. The van der Waals surface area contributed by atoms with Gasteiger partial charge in [-0.3, -0.25) is 9.59 Å². The highest BCUT2D eigenvalue weighted by Gasteiger charge is 2.44. The predicted molar refractivity (Wildman–Crippen MR) is 70.5 cm³/mol. The number of terminal acetylenes is 1. The smallest absolute Gasteiger partial charge is 0.243 e. The first-order valence-corrected chi connectivity index (χ1v) is 6.54. The van der Waals surface area contributed by atoms with Crippen molar-refractivity contribution in [2.75, 3.05) is 7.05 Å². The van der Waals surface area contributed by atoms with Crippen molar-refractivity contribution in [3.63, 3.8) is 0 Å². The van der Waals surface area contributed by atoms with Crippen molar-refractivity contribution in [3.8, 4) is 12.3 Å². The topological polar surface area (TPSA) is 63.4 Å². The molecule has 100 valence electrons. The fraction of sp³-hybridized carbons (Fsp3) is 0.714. The van der Waals surface area contributed by atoms with Crippen molar-refractivity contribution in [2.45, 2.75) is 56.9 Å². The number of carbonyl (C=O) groups is 2. The lowest BCUT2D eigenvalue weighted by molar-refractivity contribution is -0.144. The number of primary amides is 1. The van der Waals surface area contributed by atoms with E-state index in [0.717, 1.165) is 25.7 Å². The average Bonchev–Trinajstić information content (AvgIpc) is 2.84. The third-order valence-corrected chi connectivity index (χ3v) is 3.87. The highest BCUT2D eigenvalue weighted by atomic mass is 16.2. The molecule has 4 heteroatoms. The van der Waals surface area contributed by atoms with E-state index in [2.05, 4.69) is 5.92 Å². The maximum absolute atomic E-state index is 12.1. The Bertz CT molecular complexity index is 351. The Morgan fingerprint density at radius 2 is 1.94 bits per heavy atom. The van der Waals surface area contributed by atoms with E-state index in [9.17, 15) is 9.59 Å². The van der Waals surface area contributed by atoms with Gasteiger partial charge in [0, 0.05) is 19.9 Å². The molecule has 0 aliphatic heterocycles. The van der Waals surface area contributed by atoms with Crippen LogP contribution in [0.1, 0.15) is 51.4 Å². The molecule has 0 radical (unpaired) electrons. The lowest BCUT2D eigenvalue weighted by Gasteiger charge is -2.36. The minimum absolute atomic E-state index is 0.00674. The van der Waals surface area contributed by atoms with Gasteiger partial charge in [0.1, 0.15) is 5.54 Å². The summed E-state index contributed by atoms with van der Waals surface area (Å²) in [6.07, 6.45) is 11.2. The Balaban J connectivity index is 2.56. The number of hydrogen-bond donors (Lipinski definition) is 1. The molecule has 0 aromatic rings. The molecule has 1 aliphatic carbocycles. The van der Waals surface area contributed by atoms with Crippen LogP contribution in [0.25, 0.3) is 0 Å². The van der Waals surface area contributed by atoms with Gasteiger partial charge in [-0.15, -0.1) is 12.3 Å². The summed E-state index contributed by atoms with van der Waals surface area (Å²) in [4.78, 5) is 25.3. The highest BCUT2D eigenvalue weighted by Crippen LogP contribution is 2.34. The second kappa shape index (κ2) is 6.44. The van der Waals surface area contributed by atoms with Crippen molar-refractivity contribution < 1.29 is 9.59 Å². The maximum Gasteiger partial charge on any atom is 0.243 e. The van der Waals surface area contributed by atoms with E-state index in [4.69, 9.17) is 12.2 Å². The van der Waals surface area contributed by atoms with Gasteiger partial charge in [0.2, 0.25) is 11.8 Å². The number of likely N-dealkylation sites (N-methyl/N-ethyl adjacent to an activating group) is 1. The predicted octanol–water partition coefficient (Wildman–Crippen LogP) is 1.44. The third kappa shape index (κ3) is 3.04. The molecule has 4 nitrogen and oxygen atoms in total. The van der Waals surface area contributed by atoms with Crippen LogP contribution in [0.4, 0.5) is 0 Å². The molecule has 18 heavy (non-hydrogen) atoms. The molecular weight excluding hydrogens is 228 g/mol. The molecule has 0 atom stereocenters. The zero-order valence-corrected chi connectivity index (χ0v) is 11.1. The Labute approximate surface area is 109 Å². The molecule has 1 saturated carbocycles. The van der Waals surface area contributed by atoms with Crippen molar-refractivity contribution in [2.24, 2.45) is 5.73 Å².